The molecule has 0 radical (unpaired) electrons. The zero-order valence-electron chi connectivity index (χ0n) is 12.2. The van der Waals surface area contributed by atoms with Crippen molar-refractivity contribution in [2.45, 2.75) is 0 Å². The van der Waals surface area contributed by atoms with E-state index < -0.39 is 0 Å². The second-order valence-corrected chi connectivity index (χ2v) is 4.93. The van der Waals surface area contributed by atoms with E-state index in [4.69, 9.17) is 15.2 Å². The molecule has 1 aromatic heterocycles. The van der Waals surface area contributed by atoms with E-state index in [2.05, 4.69) is 15.3 Å². The lowest BCUT2D eigenvalue weighted by Crippen LogP contribution is -2.15. The van der Waals surface area contributed by atoms with Crippen molar-refractivity contribution in [3.8, 4) is 11.5 Å². The molecule has 2 heterocycles. The number of rotatable bonds is 2. The predicted octanol–water partition coefficient (Wildman–Crippen LogP) is 3.15. The van der Waals surface area contributed by atoms with E-state index >= 15 is 0 Å². The van der Waals surface area contributed by atoms with E-state index in [9.17, 15) is 0 Å². The molecule has 3 N–H and O–H groups in total. The Balaban J connectivity index is 0.00000156. The first-order valence-electron chi connectivity index (χ1n) is 6.98. The van der Waals surface area contributed by atoms with Gasteiger partial charge in [0.25, 0.3) is 0 Å². The van der Waals surface area contributed by atoms with Crippen LogP contribution in [0.4, 0.5) is 17.5 Å². The molecule has 1 aliphatic heterocycles. The average molecular weight is 331 g/mol. The molecule has 0 unspecified atom stereocenters. The molecule has 3 aromatic rings. The van der Waals surface area contributed by atoms with Gasteiger partial charge < -0.3 is 20.5 Å². The molecule has 6 nitrogen and oxygen atoms in total. The van der Waals surface area contributed by atoms with Gasteiger partial charge in [-0.05, 0) is 24.3 Å². The fourth-order valence-corrected chi connectivity index (χ4v) is 2.41. The second-order valence-electron chi connectivity index (χ2n) is 4.93. The monoisotopic (exact) mass is 330 g/mol. The van der Waals surface area contributed by atoms with Crippen molar-refractivity contribution in [3.05, 3.63) is 42.5 Å². The molecule has 2 aromatic carbocycles. The molecule has 0 spiro atoms. The van der Waals surface area contributed by atoms with Crippen molar-refractivity contribution < 1.29 is 9.47 Å². The Morgan fingerprint density at radius 2 is 1.74 bits per heavy atom. The van der Waals surface area contributed by atoms with Crippen LogP contribution < -0.4 is 20.5 Å². The highest BCUT2D eigenvalue weighted by molar-refractivity contribution is 5.89. The van der Waals surface area contributed by atoms with Gasteiger partial charge in [0.15, 0.2) is 11.5 Å². The van der Waals surface area contributed by atoms with Gasteiger partial charge in [-0.1, -0.05) is 12.1 Å². The molecule has 118 valence electrons. The summed E-state index contributed by atoms with van der Waals surface area (Å²) in [6.07, 6.45) is 0. The molecule has 7 heteroatoms. The lowest BCUT2D eigenvalue weighted by Gasteiger charge is -2.19. The van der Waals surface area contributed by atoms with Crippen LogP contribution in [0.25, 0.3) is 10.9 Å². The first-order valence-corrected chi connectivity index (χ1v) is 6.98. The van der Waals surface area contributed by atoms with Crippen molar-refractivity contribution in [2.75, 3.05) is 24.3 Å². The number of nitrogen functional groups attached to an aromatic ring is 1. The van der Waals surface area contributed by atoms with Gasteiger partial charge in [0.2, 0.25) is 5.95 Å². The minimum absolute atomic E-state index is 0. The number of para-hydroxylation sites is 1. The molecular formula is C16H15ClN4O2. The molecule has 0 saturated carbocycles. The van der Waals surface area contributed by atoms with Gasteiger partial charge in [0.05, 0.1) is 5.52 Å². The summed E-state index contributed by atoms with van der Waals surface area (Å²) in [6.45, 7) is 1.12. The van der Waals surface area contributed by atoms with Crippen molar-refractivity contribution in [2.24, 2.45) is 0 Å². The number of nitrogens with two attached hydrogens (primary N) is 1. The topological polar surface area (TPSA) is 82.3 Å². The zero-order chi connectivity index (χ0) is 14.9. The fraction of sp³-hybridized carbons (Fsp3) is 0.125. The second kappa shape index (κ2) is 6.18. The van der Waals surface area contributed by atoms with E-state index in [1.54, 1.807) is 0 Å². The highest BCUT2D eigenvalue weighted by atomic mass is 35.5. The summed E-state index contributed by atoms with van der Waals surface area (Å²) < 4.78 is 11.1. The maximum atomic E-state index is 5.99. The summed E-state index contributed by atoms with van der Waals surface area (Å²) >= 11 is 0. The molecule has 1 aliphatic rings. The zero-order valence-corrected chi connectivity index (χ0v) is 13.0. The number of benzene rings is 2. The smallest absolute Gasteiger partial charge is 0.229 e. The maximum Gasteiger partial charge on any atom is 0.229 e. The minimum atomic E-state index is 0. The molecule has 4 rings (SSSR count). The van der Waals surface area contributed by atoms with Crippen LogP contribution in [-0.2, 0) is 0 Å². The summed E-state index contributed by atoms with van der Waals surface area (Å²) in [7, 11) is 0. The number of nitrogens with zero attached hydrogens (tertiary/aromatic N) is 2. The van der Waals surface area contributed by atoms with Crippen LogP contribution in [0.15, 0.2) is 42.5 Å². The third kappa shape index (κ3) is 2.93. The van der Waals surface area contributed by atoms with Gasteiger partial charge in [-0.25, -0.2) is 4.98 Å². The number of fused-ring (bicyclic) bond motifs is 2. The molecule has 23 heavy (non-hydrogen) atoms. The fourth-order valence-electron chi connectivity index (χ4n) is 2.41. The number of ether oxygens (including phenoxy) is 2. The van der Waals surface area contributed by atoms with Crippen LogP contribution in [0.1, 0.15) is 0 Å². The van der Waals surface area contributed by atoms with Crippen molar-refractivity contribution >= 4 is 40.8 Å². The highest BCUT2D eigenvalue weighted by Crippen LogP contribution is 2.33. The van der Waals surface area contributed by atoms with Crippen molar-refractivity contribution in [3.63, 3.8) is 0 Å². The summed E-state index contributed by atoms with van der Waals surface area (Å²) in [5.41, 5.74) is 7.61. The van der Waals surface area contributed by atoms with Crippen LogP contribution in [0.5, 0.6) is 11.5 Å². The third-order valence-electron chi connectivity index (χ3n) is 3.43. The molecular weight excluding hydrogens is 316 g/mol. The largest absolute Gasteiger partial charge is 0.486 e. The Hall–Kier alpha value is -2.73. The van der Waals surface area contributed by atoms with Gasteiger partial charge in [-0.2, -0.15) is 4.98 Å². The molecule has 0 aliphatic carbocycles. The maximum absolute atomic E-state index is 5.99. The van der Waals surface area contributed by atoms with E-state index in [1.165, 1.54) is 0 Å². The Morgan fingerprint density at radius 3 is 2.61 bits per heavy atom. The lowest BCUT2D eigenvalue weighted by atomic mass is 10.2. The quantitative estimate of drug-likeness (QED) is 0.751. The standard InChI is InChI=1S/C16H14N4O2.ClH/c17-15-11-3-1-2-4-12(11)19-16(20-15)18-10-5-6-13-14(9-10)22-8-7-21-13;/h1-6,9H,7-8H2,(H3,17,18,19,20);1H. The van der Waals surface area contributed by atoms with Gasteiger partial charge in [-0.15, -0.1) is 12.4 Å². The Morgan fingerprint density at radius 1 is 0.957 bits per heavy atom. The highest BCUT2D eigenvalue weighted by Gasteiger charge is 2.12. The average Bonchev–Trinajstić information content (AvgIpc) is 2.55. The predicted molar refractivity (Wildman–Crippen MR) is 91.9 cm³/mol. The van der Waals surface area contributed by atoms with Crippen LogP contribution in [0.2, 0.25) is 0 Å². The Bertz CT molecular complexity index is 857. The van der Waals surface area contributed by atoms with Gasteiger partial charge >= 0.3 is 0 Å². The summed E-state index contributed by atoms with van der Waals surface area (Å²) in [6, 6.07) is 13.3. The third-order valence-corrected chi connectivity index (χ3v) is 3.43. The number of halogens is 1. The summed E-state index contributed by atoms with van der Waals surface area (Å²) in [5.74, 6) is 2.36. The van der Waals surface area contributed by atoms with Gasteiger partial charge in [0, 0.05) is 17.1 Å². The number of hydrogen-bond acceptors (Lipinski definition) is 6. The number of anilines is 3. The van der Waals surface area contributed by atoms with E-state index in [-0.39, 0.29) is 12.4 Å². The minimum Gasteiger partial charge on any atom is -0.486 e. The van der Waals surface area contributed by atoms with Crippen molar-refractivity contribution in [1.82, 2.24) is 9.97 Å². The Kier molecular flexibility index (Phi) is 4.08. The van der Waals surface area contributed by atoms with Gasteiger partial charge in [-0.3, -0.25) is 0 Å². The first-order chi connectivity index (χ1) is 10.8. The van der Waals surface area contributed by atoms with E-state index in [1.807, 2.05) is 42.5 Å². The number of aromatic nitrogens is 2. The molecule has 0 saturated heterocycles. The summed E-state index contributed by atoms with van der Waals surface area (Å²) in [5, 5.41) is 3.99. The summed E-state index contributed by atoms with van der Waals surface area (Å²) in [4.78, 5) is 8.76. The van der Waals surface area contributed by atoms with Gasteiger partial charge in [0.1, 0.15) is 19.0 Å². The Labute approximate surface area is 139 Å². The van der Waals surface area contributed by atoms with Crippen LogP contribution in [-0.4, -0.2) is 23.2 Å². The first kappa shape index (κ1) is 15.2. The van der Waals surface area contributed by atoms with Crippen LogP contribution >= 0.6 is 12.4 Å². The van der Waals surface area contributed by atoms with Crippen LogP contribution in [0.3, 0.4) is 0 Å². The van der Waals surface area contributed by atoms with E-state index in [0.717, 1.165) is 22.3 Å². The molecule has 0 fully saturated rings. The number of nitrogens with one attached hydrogen (secondary N) is 1. The molecule has 0 amide bonds. The SMILES string of the molecule is Cl.Nc1nc(Nc2ccc3c(c2)OCCO3)nc2ccccc12. The normalized spacial score (nSPS) is 12.5. The van der Waals surface area contributed by atoms with Crippen LogP contribution in [0, 0.1) is 0 Å². The molecule has 0 bridgehead atoms. The lowest BCUT2D eigenvalue weighted by molar-refractivity contribution is 0.171. The van der Waals surface area contributed by atoms with Crippen molar-refractivity contribution in [1.29, 1.82) is 0 Å². The number of hydrogen-bond donors (Lipinski definition) is 2. The van der Waals surface area contributed by atoms with E-state index in [0.29, 0.717) is 30.7 Å². The molecule has 0 atom stereocenters.